The van der Waals surface area contributed by atoms with Crippen molar-refractivity contribution in [3.05, 3.63) is 42.2 Å². The van der Waals surface area contributed by atoms with Gasteiger partial charge in [-0.15, -0.1) is 0 Å². The van der Waals surface area contributed by atoms with E-state index in [9.17, 15) is 4.79 Å². The van der Waals surface area contributed by atoms with Crippen LogP contribution >= 0.6 is 0 Å². The molecule has 9 heteroatoms. The van der Waals surface area contributed by atoms with Gasteiger partial charge in [-0.1, -0.05) is 5.16 Å². The summed E-state index contributed by atoms with van der Waals surface area (Å²) in [5.74, 6) is 1.81. The number of amides is 1. The summed E-state index contributed by atoms with van der Waals surface area (Å²) in [4.78, 5) is 16.1. The number of benzene rings is 1. The Bertz CT molecular complexity index is 863. The molecule has 3 aromatic rings. The van der Waals surface area contributed by atoms with Gasteiger partial charge in [0.05, 0.1) is 34.1 Å². The van der Waals surface area contributed by atoms with Crippen LogP contribution in [0.4, 0.5) is 0 Å². The summed E-state index contributed by atoms with van der Waals surface area (Å²) in [7, 11) is 4.56. The number of rotatable bonds is 7. The first-order chi connectivity index (χ1) is 12.7. The zero-order valence-electron chi connectivity index (χ0n) is 14.4. The minimum Gasteiger partial charge on any atom is -0.493 e. The Morgan fingerprint density at radius 2 is 1.88 bits per heavy atom. The number of aromatic nitrogens is 2. The number of nitrogens with zero attached hydrogens (tertiary/aromatic N) is 2. The van der Waals surface area contributed by atoms with Crippen molar-refractivity contribution in [3.63, 3.8) is 0 Å². The van der Waals surface area contributed by atoms with Gasteiger partial charge in [0.15, 0.2) is 17.3 Å². The van der Waals surface area contributed by atoms with E-state index in [2.05, 4.69) is 15.5 Å². The van der Waals surface area contributed by atoms with E-state index < -0.39 is 0 Å². The highest BCUT2D eigenvalue weighted by molar-refractivity contribution is 5.91. The van der Waals surface area contributed by atoms with Gasteiger partial charge in [-0.2, -0.15) is 4.98 Å². The van der Waals surface area contributed by atoms with Crippen molar-refractivity contribution >= 4 is 5.91 Å². The van der Waals surface area contributed by atoms with Crippen LogP contribution in [0.1, 0.15) is 16.4 Å². The second-order valence-electron chi connectivity index (χ2n) is 5.09. The first-order valence-electron chi connectivity index (χ1n) is 7.61. The molecule has 0 aliphatic rings. The summed E-state index contributed by atoms with van der Waals surface area (Å²) in [5.41, 5.74) is 0.617. The molecule has 2 aromatic heterocycles. The normalized spacial score (nSPS) is 10.4. The van der Waals surface area contributed by atoms with Gasteiger partial charge in [-0.25, -0.2) is 0 Å². The van der Waals surface area contributed by atoms with Crippen LogP contribution in [-0.2, 0) is 6.54 Å². The topological polar surface area (TPSA) is 109 Å². The lowest BCUT2D eigenvalue weighted by Crippen LogP contribution is -2.22. The Labute approximate surface area is 148 Å². The highest BCUT2D eigenvalue weighted by Gasteiger charge is 2.18. The van der Waals surface area contributed by atoms with E-state index in [0.717, 1.165) is 0 Å². The molecule has 1 aromatic carbocycles. The lowest BCUT2D eigenvalue weighted by molar-refractivity contribution is 0.0918. The summed E-state index contributed by atoms with van der Waals surface area (Å²) in [6.45, 7) is 0.0664. The monoisotopic (exact) mass is 359 g/mol. The number of carbonyl (C=O) groups excluding carboxylic acids is 1. The Morgan fingerprint density at radius 3 is 2.46 bits per heavy atom. The van der Waals surface area contributed by atoms with Gasteiger partial charge < -0.3 is 28.5 Å². The van der Waals surface area contributed by atoms with Crippen molar-refractivity contribution in [1.29, 1.82) is 0 Å². The molecule has 136 valence electrons. The Morgan fingerprint density at radius 1 is 1.15 bits per heavy atom. The van der Waals surface area contributed by atoms with Crippen molar-refractivity contribution in [2.45, 2.75) is 6.54 Å². The predicted octanol–water partition coefficient (Wildman–Crippen LogP) is 2.29. The summed E-state index contributed by atoms with van der Waals surface area (Å²) in [5, 5.41) is 6.55. The first-order valence-corrected chi connectivity index (χ1v) is 7.61. The summed E-state index contributed by atoms with van der Waals surface area (Å²) < 4.78 is 26.1. The number of nitrogens with one attached hydrogen (secondary N) is 1. The summed E-state index contributed by atoms with van der Waals surface area (Å²) >= 11 is 0. The number of furan rings is 1. The number of hydrogen-bond acceptors (Lipinski definition) is 8. The number of ether oxygens (including phenoxy) is 3. The molecule has 0 unspecified atom stereocenters. The van der Waals surface area contributed by atoms with Crippen molar-refractivity contribution < 1.29 is 27.9 Å². The summed E-state index contributed by atoms with van der Waals surface area (Å²) in [6, 6.07) is 6.60. The fourth-order valence-electron chi connectivity index (χ4n) is 2.30. The molecule has 9 nitrogen and oxygen atoms in total. The van der Waals surface area contributed by atoms with E-state index in [-0.39, 0.29) is 24.1 Å². The number of methoxy groups -OCH3 is 3. The molecule has 1 amide bonds. The second kappa shape index (κ2) is 7.60. The van der Waals surface area contributed by atoms with Crippen LogP contribution in [0.25, 0.3) is 11.4 Å². The van der Waals surface area contributed by atoms with Gasteiger partial charge in [0, 0.05) is 5.56 Å². The van der Waals surface area contributed by atoms with E-state index in [4.69, 9.17) is 23.2 Å². The largest absolute Gasteiger partial charge is 0.493 e. The fraction of sp³-hybridized carbons (Fsp3) is 0.235. The number of hydrogen-bond donors (Lipinski definition) is 1. The molecule has 0 saturated heterocycles. The maximum Gasteiger partial charge on any atom is 0.287 e. The zero-order valence-corrected chi connectivity index (χ0v) is 14.4. The Kier molecular flexibility index (Phi) is 5.07. The molecule has 0 aliphatic carbocycles. The predicted molar refractivity (Wildman–Crippen MR) is 89.3 cm³/mol. The van der Waals surface area contributed by atoms with Gasteiger partial charge in [0.2, 0.25) is 17.5 Å². The van der Waals surface area contributed by atoms with Crippen LogP contribution in [0.5, 0.6) is 17.2 Å². The maximum absolute atomic E-state index is 11.9. The van der Waals surface area contributed by atoms with Crippen LogP contribution in [0, 0.1) is 0 Å². The van der Waals surface area contributed by atoms with Gasteiger partial charge in [0.25, 0.3) is 5.91 Å². The quantitative estimate of drug-likeness (QED) is 0.684. The van der Waals surface area contributed by atoms with E-state index in [1.54, 1.807) is 24.3 Å². The second-order valence-corrected chi connectivity index (χ2v) is 5.09. The molecule has 0 fully saturated rings. The zero-order chi connectivity index (χ0) is 18.5. The minimum absolute atomic E-state index is 0.0664. The molecule has 26 heavy (non-hydrogen) atoms. The van der Waals surface area contributed by atoms with Gasteiger partial charge >= 0.3 is 0 Å². The van der Waals surface area contributed by atoms with Crippen molar-refractivity contribution in [3.8, 4) is 28.6 Å². The standard InChI is InChI=1S/C17H17N3O6/c1-22-12-7-10(8-13(23-2)15(12)24-3)16-19-14(26-20-16)9-18-17(21)11-5-4-6-25-11/h4-8H,9H2,1-3H3,(H,18,21). The van der Waals surface area contributed by atoms with Gasteiger partial charge in [-0.05, 0) is 24.3 Å². The van der Waals surface area contributed by atoms with Gasteiger partial charge in [-0.3, -0.25) is 4.79 Å². The summed E-state index contributed by atoms with van der Waals surface area (Å²) in [6.07, 6.45) is 1.42. The average molecular weight is 359 g/mol. The molecule has 0 radical (unpaired) electrons. The third kappa shape index (κ3) is 3.46. The lowest BCUT2D eigenvalue weighted by Gasteiger charge is -2.12. The Hall–Kier alpha value is -3.49. The van der Waals surface area contributed by atoms with Crippen LogP contribution in [0.2, 0.25) is 0 Å². The molecular weight excluding hydrogens is 342 g/mol. The molecule has 0 bridgehead atoms. The van der Waals surface area contributed by atoms with Crippen molar-refractivity contribution in [2.75, 3.05) is 21.3 Å². The molecule has 0 aliphatic heterocycles. The molecular formula is C17H17N3O6. The smallest absolute Gasteiger partial charge is 0.287 e. The van der Waals surface area contributed by atoms with E-state index in [1.807, 2.05) is 0 Å². The van der Waals surface area contributed by atoms with E-state index >= 15 is 0 Å². The van der Waals surface area contributed by atoms with E-state index in [0.29, 0.717) is 28.6 Å². The molecule has 0 spiro atoms. The van der Waals surface area contributed by atoms with Crippen molar-refractivity contribution in [2.24, 2.45) is 0 Å². The third-order valence-corrected chi connectivity index (χ3v) is 3.54. The third-order valence-electron chi connectivity index (χ3n) is 3.54. The highest BCUT2D eigenvalue weighted by atomic mass is 16.5. The first kappa shape index (κ1) is 17.3. The van der Waals surface area contributed by atoms with E-state index in [1.165, 1.54) is 27.6 Å². The molecule has 1 N–H and O–H groups in total. The molecule has 0 saturated carbocycles. The maximum atomic E-state index is 11.9. The van der Waals surface area contributed by atoms with Crippen LogP contribution in [0.15, 0.2) is 39.5 Å². The average Bonchev–Trinajstić information content (AvgIpc) is 3.36. The molecule has 2 heterocycles. The van der Waals surface area contributed by atoms with Crippen LogP contribution in [0.3, 0.4) is 0 Å². The molecule has 3 rings (SSSR count). The minimum atomic E-state index is -0.373. The lowest BCUT2D eigenvalue weighted by atomic mass is 10.1. The van der Waals surface area contributed by atoms with Crippen LogP contribution in [-0.4, -0.2) is 37.4 Å². The number of carbonyl (C=O) groups is 1. The van der Waals surface area contributed by atoms with Crippen molar-refractivity contribution in [1.82, 2.24) is 15.5 Å². The molecule has 0 atom stereocenters. The fourth-order valence-corrected chi connectivity index (χ4v) is 2.30. The SMILES string of the molecule is COc1cc(-c2noc(CNC(=O)c3ccco3)n2)cc(OC)c1OC. The van der Waals surface area contributed by atoms with Crippen LogP contribution < -0.4 is 19.5 Å². The highest BCUT2D eigenvalue weighted by Crippen LogP contribution is 2.40. The van der Waals surface area contributed by atoms with Gasteiger partial charge in [0.1, 0.15) is 0 Å². The Balaban J connectivity index is 1.78.